The lowest BCUT2D eigenvalue weighted by molar-refractivity contribution is -0.435. The molecule has 19 nitrogen and oxygen atoms in total. The van der Waals surface area contributed by atoms with Crippen molar-refractivity contribution in [2.24, 2.45) is 40.4 Å². The minimum atomic E-state index is -5.38. The van der Waals surface area contributed by atoms with Crippen molar-refractivity contribution in [2.75, 3.05) is 6.61 Å². The van der Waals surface area contributed by atoms with Crippen LogP contribution in [0.2, 0.25) is 0 Å². The SMILES string of the molecule is C=C1C2CCC3C4(C)CC(O[C@@H]5O[C@@H](COC(=O)CCC(=O)O)[C@@H](OSOOO)[C@H](OS(=O)(=O)O)C5OC(=O)CC(C)C)CC(C(=O)O)C4CCC3(C2)[C@H]1O. The Morgan fingerprint density at radius 2 is 1.76 bits per heavy atom. The highest BCUT2D eigenvalue weighted by atomic mass is 32.3. The molecule has 5 fully saturated rings. The number of hydrogen-bond acceptors (Lipinski definition) is 17. The Morgan fingerprint density at radius 3 is 2.40 bits per heavy atom. The van der Waals surface area contributed by atoms with E-state index in [4.69, 9.17) is 37.7 Å². The molecule has 0 amide bonds. The number of carboxylic acids is 2. The topological polar surface area (TPSA) is 277 Å². The van der Waals surface area contributed by atoms with Gasteiger partial charge in [-0.05, 0) is 79.6 Å². The van der Waals surface area contributed by atoms with E-state index in [1.165, 1.54) is 0 Å². The van der Waals surface area contributed by atoms with E-state index in [0.29, 0.717) is 12.8 Å². The van der Waals surface area contributed by atoms with Crippen molar-refractivity contribution in [3.63, 3.8) is 0 Å². The van der Waals surface area contributed by atoms with Crippen molar-refractivity contribution in [2.45, 2.75) is 128 Å². The van der Waals surface area contributed by atoms with Crippen LogP contribution in [0, 0.1) is 40.4 Å². The second-order valence-corrected chi connectivity index (χ2v) is 17.5. The molecular weight excluding hydrogens is 776 g/mol. The average molecular weight is 827 g/mol. The molecule has 0 aromatic heterocycles. The van der Waals surface area contributed by atoms with Gasteiger partial charge < -0.3 is 34.3 Å². The van der Waals surface area contributed by atoms with Gasteiger partial charge in [-0.15, -0.1) is 4.33 Å². The lowest BCUT2D eigenvalue weighted by atomic mass is 9.43. The molecule has 1 heterocycles. The van der Waals surface area contributed by atoms with E-state index in [-0.39, 0.29) is 55.3 Å². The largest absolute Gasteiger partial charge is 0.481 e. The summed E-state index contributed by atoms with van der Waals surface area (Å²) in [5.74, 6) is -5.52. The molecule has 2 bridgehead atoms. The molecule has 55 heavy (non-hydrogen) atoms. The second kappa shape index (κ2) is 17.6. The first-order valence-corrected chi connectivity index (χ1v) is 20.3. The van der Waals surface area contributed by atoms with Crippen molar-refractivity contribution in [3.8, 4) is 0 Å². The van der Waals surface area contributed by atoms with Gasteiger partial charge in [0.1, 0.15) is 18.8 Å². The first-order chi connectivity index (χ1) is 25.8. The number of aliphatic carboxylic acids is 2. The maximum Gasteiger partial charge on any atom is 0.397 e. The molecule has 5 aliphatic rings. The van der Waals surface area contributed by atoms with Gasteiger partial charge in [0.25, 0.3) is 0 Å². The minimum absolute atomic E-state index is 0.0180. The maximum atomic E-state index is 13.2. The lowest BCUT2D eigenvalue weighted by Gasteiger charge is -2.62. The molecule has 1 saturated heterocycles. The summed E-state index contributed by atoms with van der Waals surface area (Å²) in [6.45, 7) is 8.89. The standard InChI is InChI=1S/C34H50O19S2/c1-16(2)11-26(38)49-29-28(51-55(43,44)45)27(50-54-53-52-42)22(15-46-25(37)8-7-24(35)36)48-32(29)47-19-12-20(31(40)41)21-9-10-34-13-18(17(3)30(34)39)5-6-23(34)33(21,4)14-19/h16,18-23,27-30,32,39,42H,3,5-15H2,1-2,4H3,(H,35,36)(H,40,41)(H,43,44,45)/t18?,19?,20?,21?,22-,23?,27+,28-,29?,30-,32+,33?,34?/m0/s1. The summed E-state index contributed by atoms with van der Waals surface area (Å²) in [5, 5.41) is 43.3. The van der Waals surface area contributed by atoms with Gasteiger partial charge in [-0.3, -0.25) is 27.9 Å². The monoisotopic (exact) mass is 826 g/mol. The first-order valence-electron chi connectivity index (χ1n) is 18.2. The molecule has 5 rings (SSSR count). The number of ether oxygens (including phenoxy) is 4. The highest BCUT2D eigenvalue weighted by Gasteiger charge is 2.67. The molecule has 4 saturated carbocycles. The van der Waals surface area contributed by atoms with Gasteiger partial charge in [0.05, 0.1) is 31.0 Å². The van der Waals surface area contributed by atoms with Crippen LogP contribution in [-0.4, -0.2) is 107 Å². The van der Waals surface area contributed by atoms with Gasteiger partial charge in [-0.1, -0.05) is 32.4 Å². The number of fused-ring (bicyclic) bond motifs is 3. The Balaban J connectivity index is 1.51. The van der Waals surface area contributed by atoms with Crippen LogP contribution in [0.5, 0.6) is 0 Å². The Hall–Kier alpha value is -2.44. The van der Waals surface area contributed by atoms with E-state index in [1.54, 1.807) is 13.8 Å². The van der Waals surface area contributed by atoms with Gasteiger partial charge >= 0.3 is 34.3 Å². The first kappa shape index (κ1) is 43.7. The smallest absolute Gasteiger partial charge is 0.397 e. The van der Waals surface area contributed by atoms with Crippen molar-refractivity contribution in [1.29, 1.82) is 0 Å². The van der Waals surface area contributed by atoms with Crippen LogP contribution in [0.15, 0.2) is 12.2 Å². The van der Waals surface area contributed by atoms with E-state index in [0.717, 1.165) is 24.8 Å². The second-order valence-electron chi connectivity index (χ2n) is 16.0. The number of esters is 2. The summed E-state index contributed by atoms with van der Waals surface area (Å²) in [7, 11) is -5.38. The molecule has 312 valence electrons. The Bertz CT molecular complexity index is 1560. The number of aliphatic hydroxyl groups excluding tert-OH is 1. The quantitative estimate of drug-likeness (QED) is 0.0206. The number of carboxylic acid groups (broad SMARTS) is 2. The Labute approximate surface area is 322 Å². The molecule has 5 N–H and O–H groups in total. The third-order valence-electron chi connectivity index (χ3n) is 12.2. The molecule has 0 aromatic rings. The molecule has 1 aliphatic heterocycles. The molecule has 13 atom stereocenters. The predicted molar refractivity (Wildman–Crippen MR) is 184 cm³/mol. The molecule has 1 spiro atoms. The van der Waals surface area contributed by atoms with Crippen LogP contribution in [0.4, 0.5) is 0 Å². The number of aliphatic hydroxyl groups is 1. The fourth-order valence-corrected chi connectivity index (χ4v) is 11.1. The molecule has 0 radical (unpaired) electrons. The summed E-state index contributed by atoms with van der Waals surface area (Å²) in [6.07, 6.45) is -8.17. The van der Waals surface area contributed by atoms with Crippen LogP contribution in [-0.2, 0) is 66.3 Å². The Morgan fingerprint density at radius 1 is 1.04 bits per heavy atom. The van der Waals surface area contributed by atoms with Gasteiger partial charge in [0.2, 0.25) is 0 Å². The van der Waals surface area contributed by atoms with E-state index >= 15 is 0 Å². The zero-order chi connectivity index (χ0) is 40.5. The van der Waals surface area contributed by atoms with Crippen molar-refractivity contribution >= 4 is 46.6 Å². The number of rotatable bonds is 17. The molecular formula is C34H50O19S2. The zero-order valence-electron chi connectivity index (χ0n) is 30.7. The third-order valence-corrected chi connectivity index (χ3v) is 13.1. The van der Waals surface area contributed by atoms with Crippen molar-refractivity contribution in [1.82, 2.24) is 0 Å². The summed E-state index contributed by atoms with van der Waals surface area (Å²) in [5.41, 5.74) is -0.360. The zero-order valence-corrected chi connectivity index (χ0v) is 32.3. The molecule has 21 heteroatoms. The van der Waals surface area contributed by atoms with Crippen LogP contribution in [0.3, 0.4) is 0 Å². The maximum absolute atomic E-state index is 13.2. The van der Waals surface area contributed by atoms with Crippen molar-refractivity contribution in [3.05, 3.63) is 12.2 Å². The summed E-state index contributed by atoms with van der Waals surface area (Å²) in [4.78, 5) is 49.6. The van der Waals surface area contributed by atoms with E-state index in [2.05, 4.69) is 16.0 Å². The Kier molecular flexibility index (Phi) is 14.0. The highest BCUT2D eigenvalue weighted by Crippen LogP contribution is 2.70. The fourth-order valence-electron chi connectivity index (χ4n) is 10.2. The van der Waals surface area contributed by atoms with Gasteiger partial charge in [-0.25, -0.2) is 9.44 Å². The minimum Gasteiger partial charge on any atom is -0.481 e. The third kappa shape index (κ3) is 9.65. The summed E-state index contributed by atoms with van der Waals surface area (Å²) >= 11 is -0.0586. The summed E-state index contributed by atoms with van der Waals surface area (Å²) < 4.78 is 72.8. The van der Waals surface area contributed by atoms with Gasteiger partial charge in [0, 0.05) is 11.8 Å². The van der Waals surface area contributed by atoms with E-state index in [9.17, 15) is 42.4 Å². The molecule has 8 unspecified atom stereocenters. The van der Waals surface area contributed by atoms with Crippen molar-refractivity contribution < 1.29 is 89.4 Å². The molecule has 4 aliphatic carbocycles. The van der Waals surface area contributed by atoms with Crippen LogP contribution >= 0.6 is 12.3 Å². The highest BCUT2D eigenvalue weighted by molar-refractivity contribution is 7.89. The van der Waals surface area contributed by atoms with Crippen LogP contribution in [0.1, 0.15) is 85.0 Å². The number of carbonyl (C=O) groups excluding carboxylic acids is 2. The predicted octanol–water partition coefficient (Wildman–Crippen LogP) is 3.26. The summed E-state index contributed by atoms with van der Waals surface area (Å²) in [6, 6.07) is 0. The van der Waals surface area contributed by atoms with Crippen LogP contribution in [0.25, 0.3) is 0 Å². The van der Waals surface area contributed by atoms with E-state index < -0.39 is 113 Å². The molecule has 0 aromatic carbocycles. The van der Waals surface area contributed by atoms with Crippen LogP contribution < -0.4 is 0 Å². The van der Waals surface area contributed by atoms with Gasteiger partial charge in [-0.2, -0.15) is 8.42 Å². The average Bonchev–Trinajstić information content (AvgIpc) is 3.26. The number of hydrogen-bond donors (Lipinski definition) is 5. The van der Waals surface area contributed by atoms with E-state index in [1.807, 2.05) is 6.92 Å². The number of carbonyl (C=O) groups is 4. The van der Waals surface area contributed by atoms with Gasteiger partial charge in [0.15, 0.2) is 30.8 Å². The lowest BCUT2D eigenvalue weighted by Crippen LogP contribution is -2.64. The fraction of sp³-hybridized carbons (Fsp3) is 0.824. The normalized spacial score (nSPS) is 38.5.